The Labute approximate surface area is 212 Å². The summed E-state index contributed by atoms with van der Waals surface area (Å²) < 4.78 is 5.65. The van der Waals surface area contributed by atoms with Gasteiger partial charge in [0.15, 0.2) is 0 Å². The highest BCUT2D eigenvalue weighted by Crippen LogP contribution is 2.67. The minimum Gasteiger partial charge on any atom is -0.379 e. The molecule has 2 heteroatoms. The van der Waals surface area contributed by atoms with Crippen LogP contribution < -0.4 is 0 Å². The molecular formula is C33H43NO. The van der Waals surface area contributed by atoms with Crippen molar-refractivity contribution in [2.24, 2.45) is 34.5 Å². The van der Waals surface area contributed by atoms with Crippen molar-refractivity contribution in [3.63, 3.8) is 0 Å². The molecule has 1 heterocycles. The van der Waals surface area contributed by atoms with Crippen LogP contribution in [0.2, 0.25) is 0 Å². The van der Waals surface area contributed by atoms with Gasteiger partial charge in [-0.2, -0.15) is 0 Å². The molecule has 0 N–H and O–H groups in total. The number of hydrogen-bond donors (Lipinski definition) is 0. The van der Waals surface area contributed by atoms with E-state index in [-0.39, 0.29) is 0 Å². The first-order valence-corrected chi connectivity index (χ1v) is 14.6. The van der Waals surface area contributed by atoms with Gasteiger partial charge in [0, 0.05) is 19.1 Å². The zero-order chi connectivity index (χ0) is 23.6. The van der Waals surface area contributed by atoms with Gasteiger partial charge in [0.2, 0.25) is 0 Å². The van der Waals surface area contributed by atoms with E-state index in [1.54, 1.807) is 5.57 Å². The molecule has 0 radical (unpaired) electrons. The Bertz CT molecular complexity index is 1130. The summed E-state index contributed by atoms with van der Waals surface area (Å²) in [6.45, 7) is 9.55. The fourth-order valence-electron chi connectivity index (χ4n) is 9.88. The van der Waals surface area contributed by atoms with E-state index in [1.807, 2.05) is 0 Å². The standard InChI is InChI=1S/C33H43NO/c1-32-15-13-27(34-17-19-35-20-18-34)22-26(32)9-10-28-30-12-11-29(33(30,2)16-14-31(28)32)25-8-7-23-5-3-4-6-24(23)21-25/h3-8,11,21,26-28,30-31H,9-10,12-20,22H2,1-2H3/t26-,27+,28-,30-,31-,32-,33+/m0/s1. The number of morpholine rings is 1. The minimum atomic E-state index is 0.359. The largest absolute Gasteiger partial charge is 0.379 e. The molecule has 0 amide bonds. The highest BCUT2D eigenvalue weighted by Gasteiger charge is 2.58. The van der Waals surface area contributed by atoms with Gasteiger partial charge in [-0.05, 0) is 114 Å². The first kappa shape index (κ1) is 22.5. The maximum absolute atomic E-state index is 5.65. The van der Waals surface area contributed by atoms with Gasteiger partial charge in [-0.15, -0.1) is 0 Å². The van der Waals surface area contributed by atoms with E-state index in [1.165, 1.54) is 67.7 Å². The lowest BCUT2D eigenvalue weighted by Gasteiger charge is -2.61. The predicted molar refractivity (Wildman–Crippen MR) is 145 cm³/mol. The number of nitrogens with zero attached hydrogens (tertiary/aromatic N) is 1. The summed E-state index contributed by atoms with van der Waals surface area (Å²) in [6.07, 6.45) is 14.0. The number of hydrogen-bond acceptors (Lipinski definition) is 2. The third-order valence-corrected chi connectivity index (χ3v) is 11.8. The van der Waals surface area contributed by atoms with Crippen LogP contribution in [0.1, 0.15) is 70.8 Å². The van der Waals surface area contributed by atoms with E-state index in [4.69, 9.17) is 4.74 Å². The molecule has 2 aromatic carbocycles. The van der Waals surface area contributed by atoms with Crippen LogP contribution in [-0.2, 0) is 4.74 Å². The van der Waals surface area contributed by atoms with Crippen molar-refractivity contribution in [3.05, 3.63) is 54.1 Å². The Balaban J connectivity index is 1.12. The minimum absolute atomic E-state index is 0.359. The monoisotopic (exact) mass is 469 g/mol. The first-order valence-electron chi connectivity index (χ1n) is 14.6. The lowest BCUT2D eigenvalue weighted by atomic mass is 9.44. The van der Waals surface area contributed by atoms with Gasteiger partial charge >= 0.3 is 0 Å². The molecule has 186 valence electrons. The van der Waals surface area contributed by atoms with Gasteiger partial charge in [0.25, 0.3) is 0 Å². The van der Waals surface area contributed by atoms with Gasteiger partial charge in [-0.1, -0.05) is 56.3 Å². The summed E-state index contributed by atoms with van der Waals surface area (Å²) in [5.74, 6) is 3.64. The van der Waals surface area contributed by atoms with Crippen LogP contribution in [0.25, 0.3) is 16.3 Å². The number of allylic oxidation sites excluding steroid dienone is 2. The van der Waals surface area contributed by atoms with Crippen LogP contribution in [-0.4, -0.2) is 37.2 Å². The Hall–Kier alpha value is -1.64. The van der Waals surface area contributed by atoms with Crippen molar-refractivity contribution < 1.29 is 4.74 Å². The Morgan fingerprint density at radius 2 is 1.69 bits per heavy atom. The van der Waals surface area contributed by atoms with Crippen molar-refractivity contribution in [1.82, 2.24) is 4.90 Å². The Morgan fingerprint density at radius 3 is 2.54 bits per heavy atom. The quantitative estimate of drug-likeness (QED) is 0.449. The molecule has 3 saturated carbocycles. The summed E-state index contributed by atoms with van der Waals surface area (Å²) in [6, 6.07) is 16.9. The van der Waals surface area contributed by atoms with E-state index >= 15 is 0 Å². The van der Waals surface area contributed by atoms with Crippen molar-refractivity contribution in [2.75, 3.05) is 26.3 Å². The van der Waals surface area contributed by atoms with Crippen molar-refractivity contribution in [3.8, 4) is 0 Å². The molecule has 4 fully saturated rings. The van der Waals surface area contributed by atoms with Crippen LogP contribution in [0.5, 0.6) is 0 Å². The number of ether oxygens (including phenoxy) is 1. The molecule has 2 nitrogen and oxygen atoms in total. The fraction of sp³-hybridized carbons (Fsp3) is 0.636. The third kappa shape index (κ3) is 3.50. The molecule has 4 aliphatic carbocycles. The van der Waals surface area contributed by atoms with Crippen molar-refractivity contribution in [2.45, 2.75) is 71.3 Å². The predicted octanol–water partition coefficient (Wildman–Crippen LogP) is 7.58. The average molecular weight is 470 g/mol. The van der Waals surface area contributed by atoms with E-state index in [2.05, 4.69) is 67.3 Å². The second kappa shape index (κ2) is 8.45. The molecule has 2 aromatic rings. The summed E-state index contributed by atoms with van der Waals surface area (Å²) in [7, 11) is 0. The lowest BCUT2D eigenvalue weighted by molar-refractivity contribution is -0.113. The van der Waals surface area contributed by atoms with E-state index in [0.717, 1.165) is 56.0 Å². The Kier molecular flexibility index (Phi) is 5.45. The van der Waals surface area contributed by atoms with E-state index in [0.29, 0.717) is 10.8 Å². The highest BCUT2D eigenvalue weighted by atomic mass is 16.5. The molecule has 7 rings (SSSR count). The summed E-state index contributed by atoms with van der Waals surface area (Å²) in [5, 5.41) is 2.75. The van der Waals surface area contributed by atoms with Crippen LogP contribution in [0, 0.1) is 34.5 Å². The normalized spacial score (nSPS) is 41.7. The zero-order valence-corrected chi connectivity index (χ0v) is 21.8. The SMILES string of the molecule is C[C@]12CC[C@@H](N3CCOCC3)C[C@@H]1CC[C@@H]1[C@@H]2CC[C@]2(C)C(c3ccc4ccccc4c3)=CC[C@@H]12. The fourth-order valence-corrected chi connectivity index (χ4v) is 9.88. The van der Waals surface area contributed by atoms with E-state index in [9.17, 15) is 0 Å². The zero-order valence-electron chi connectivity index (χ0n) is 21.8. The third-order valence-electron chi connectivity index (χ3n) is 11.8. The number of benzene rings is 2. The van der Waals surface area contributed by atoms with Crippen LogP contribution in [0.15, 0.2) is 48.5 Å². The molecule has 1 saturated heterocycles. The first-order chi connectivity index (χ1) is 17.1. The molecular weight excluding hydrogens is 426 g/mol. The molecule has 5 aliphatic rings. The van der Waals surface area contributed by atoms with Gasteiger partial charge in [0.1, 0.15) is 0 Å². The molecule has 35 heavy (non-hydrogen) atoms. The lowest BCUT2D eigenvalue weighted by Crippen LogP contribution is -2.56. The van der Waals surface area contributed by atoms with Crippen molar-refractivity contribution >= 4 is 16.3 Å². The summed E-state index contributed by atoms with van der Waals surface area (Å²) in [4.78, 5) is 2.77. The van der Waals surface area contributed by atoms with Gasteiger partial charge in [-0.3, -0.25) is 4.90 Å². The molecule has 0 bridgehead atoms. The maximum Gasteiger partial charge on any atom is 0.0594 e. The summed E-state index contributed by atoms with van der Waals surface area (Å²) in [5.41, 5.74) is 4.07. The van der Waals surface area contributed by atoms with E-state index < -0.39 is 0 Å². The van der Waals surface area contributed by atoms with Gasteiger partial charge < -0.3 is 4.74 Å². The van der Waals surface area contributed by atoms with Crippen LogP contribution in [0.3, 0.4) is 0 Å². The summed E-state index contributed by atoms with van der Waals surface area (Å²) >= 11 is 0. The topological polar surface area (TPSA) is 12.5 Å². The molecule has 0 unspecified atom stereocenters. The molecule has 1 aliphatic heterocycles. The number of rotatable bonds is 2. The van der Waals surface area contributed by atoms with Gasteiger partial charge in [0.05, 0.1) is 13.2 Å². The maximum atomic E-state index is 5.65. The molecule has 0 aromatic heterocycles. The Morgan fingerprint density at radius 1 is 0.857 bits per heavy atom. The number of fused-ring (bicyclic) bond motifs is 6. The molecule has 7 atom stereocenters. The van der Waals surface area contributed by atoms with Gasteiger partial charge in [-0.25, -0.2) is 0 Å². The van der Waals surface area contributed by atoms with Crippen LogP contribution in [0.4, 0.5) is 0 Å². The van der Waals surface area contributed by atoms with Crippen LogP contribution >= 0.6 is 0 Å². The smallest absolute Gasteiger partial charge is 0.0594 e. The second-order valence-electron chi connectivity index (χ2n) is 13.1. The van der Waals surface area contributed by atoms with Crippen molar-refractivity contribution in [1.29, 1.82) is 0 Å². The molecule has 0 spiro atoms. The average Bonchev–Trinajstić information content (AvgIpc) is 3.25. The highest BCUT2D eigenvalue weighted by molar-refractivity contribution is 5.87. The second-order valence-corrected chi connectivity index (χ2v) is 13.1.